The van der Waals surface area contributed by atoms with Crippen LogP contribution in [0.15, 0.2) is 36.7 Å². The quantitative estimate of drug-likeness (QED) is 0.233. The van der Waals surface area contributed by atoms with Crippen molar-refractivity contribution in [3.63, 3.8) is 0 Å². The Balaban J connectivity index is 1.30. The third-order valence-electron chi connectivity index (χ3n) is 8.77. The molecule has 2 N–H and O–H groups in total. The number of anilines is 2. The third kappa shape index (κ3) is 7.36. The zero-order chi connectivity index (χ0) is 32.5. The van der Waals surface area contributed by atoms with Gasteiger partial charge in [-0.25, -0.2) is 9.36 Å². The fourth-order valence-electron chi connectivity index (χ4n) is 6.65. The summed E-state index contributed by atoms with van der Waals surface area (Å²) in [7, 11) is 8.35. The highest BCUT2D eigenvalue weighted by Crippen LogP contribution is 2.34. The second-order valence-electron chi connectivity index (χ2n) is 13.9. The van der Waals surface area contributed by atoms with Crippen LogP contribution in [-0.2, 0) is 13.1 Å². The maximum atomic E-state index is 9.37. The van der Waals surface area contributed by atoms with Crippen molar-refractivity contribution in [1.82, 2.24) is 30.0 Å². The fourth-order valence-corrected chi connectivity index (χ4v) is 6.65. The van der Waals surface area contributed by atoms with Crippen molar-refractivity contribution in [2.75, 3.05) is 84.1 Å². The van der Waals surface area contributed by atoms with E-state index in [2.05, 4.69) is 111 Å². The molecule has 0 amide bonds. The zero-order valence-electron chi connectivity index (χ0n) is 28.2. The molecule has 0 atom stereocenters. The average molecular weight is 619 g/mol. The van der Waals surface area contributed by atoms with E-state index < -0.39 is 0 Å². The molecule has 0 saturated carbocycles. The van der Waals surface area contributed by atoms with Crippen molar-refractivity contribution in [2.24, 2.45) is 0 Å². The molecule has 45 heavy (non-hydrogen) atoms. The lowest BCUT2D eigenvalue weighted by Gasteiger charge is -2.27. The molecular formula is C33H50N10O2+2. The van der Waals surface area contributed by atoms with E-state index in [1.165, 1.54) is 33.6 Å². The van der Waals surface area contributed by atoms with Crippen molar-refractivity contribution >= 4 is 11.4 Å². The van der Waals surface area contributed by atoms with Crippen LogP contribution in [-0.4, -0.2) is 123 Å². The number of likely N-dealkylation sites (N-methyl/N-ethyl adjacent to an activating group) is 2. The predicted octanol–water partition coefficient (Wildman–Crippen LogP) is 2.50. The predicted molar refractivity (Wildman–Crippen MR) is 177 cm³/mol. The van der Waals surface area contributed by atoms with Crippen LogP contribution in [0, 0.1) is 27.7 Å². The molecule has 242 valence electrons. The molecule has 12 heteroatoms. The highest BCUT2D eigenvalue weighted by atomic mass is 16.3. The van der Waals surface area contributed by atoms with Gasteiger partial charge in [-0.15, -0.1) is 10.2 Å². The Hall–Kier alpha value is -3.84. The van der Waals surface area contributed by atoms with Gasteiger partial charge in [0.15, 0.2) is 0 Å². The fraction of sp³-hybridized carbons (Fsp3) is 0.515. The smallest absolute Gasteiger partial charge is 0.137 e. The Labute approximate surface area is 266 Å². The Kier molecular flexibility index (Phi) is 9.31. The molecule has 2 aromatic carbocycles. The molecule has 12 nitrogen and oxygen atoms in total. The number of aliphatic hydroxyl groups is 2. The van der Waals surface area contributed by atoms with Gasteiger partial charge in [-0.1, -0.05) is 10.4 Å². The number of quaternary nitrogens is 2. The molecule has 0 aliphatic carbocycles. The minimum atomic E-state index is 0.147. The Morgan fingerprint density at radius 3 is 1.31 bits per heavy atom. The lowest BCUT2D eigenvalue weighted by molar-refractivity contribution is -0.904. The van der Waals surface area contributed by atoms with Gasteiger partial charge in [0.1, 0.15) is 37.6 Å². The summed E-state index contributed by atoms with van der Waals surface area (Å²) in [5, 5.41) is 36.4. The summed E-state index contributed by atoms with van der Waals surface area (Å²) >= 11 is 0. The highest BCUT2D eigenvalue weighted by molar-refractivity contribution is 5.68. The first-order valence-corrected chi connectivity index (χ1v) is 15.7. The van der Waals surface area contributed by atoms with Crippen LogP contribution >= 0.6 is 0 Å². The van der Waals surface area contributed by atoms with Crippen LogP contribution in [0.5, 0.6) is 0 Å². The maximum Gasteiger partial charge on any atom is 0.137 e. The average Bonchev–Trinajstić information content (AvgIpc) is 3.69. The lowest BCUT2D eigenvalue weighted by atomic mass is 10.1. The van der Waals surface area contributed by atoms with Crippen LogP contribution in [0.1, 0.15) is 33.6 Å². The van der Waals surface area contributed by atoms with Crippen LogP contribution in [0.2, 0.25) is 0 Å². The first kappa shape index (κ1) is 32.6. The van der Waals surface area contributed by atoms with E-state index in [4.69, 9.17) is 0 Å². The molecule has 1 fully saturated rings. The molecular weight excluding hydrogens is 568 g/mol. The minimum Gasteiger partial charge on any atom is -0.391 e. The van der Waals surface area contributed by atoms with Gasteiger partial charge >= 0.3 is 0 Å². The number of aliphatic hydroxyl groups excluding tert-OH is 2. The van der Waals surface area contributed by atoms with Crippen molar-refractivity contribution in [3.8, 4) is 11.4 Å². The first-order chi connectivity index (χ1) is 21.3. The van der Waals surface area contributed by atoms with Crippen molar-refractivity contribution in [3.05, 3.63) is 70.3 Å². The van der Waals surface area contributed by atoms with E-state index >= 15 is 0 Å². The largest absolute Gasteiger partial charge is 0.391 e. The second kappa shape index (κ2) is 12.9. The number of hydrogen-bond donors (Lipinski definition) is 2. The number of nitrogens with zero attached hydrogens (tertiary/aromatic N) is 10. The van der Waals surface area contributed by atoms with E-state index in [1.807, 2.05) is 21.8 Å². The Bertz CT molecular complexity index is 1470. The van der Waals surface area contributed by atoms with Gasteiger partial charge in [0.2, 0.25) is 0 Å². The molecule has 1 aliphatic heterocycles. The van der Waals surface area contributed by atoms with Gasteiger partial charge in [-0.2, -0.15) is 0 Å². The normalized spacial score (nSPS) is 14.2. The van der Waals surface area contributed by atoms with E-state index in [1.54, 1.807) is 0 Å². The van der Waals surface area contributed by atoms with Gasteiger partial charge in [0.05, 0.1) is 71.8 Å². The molecule has 1 saturated heterocycles. The van der Waals surface area contributed by atoms with Crippen molar-refractivity contribution in [2.45, 2.75) is 40.8 Å². The summed E-state index contributed by atoms with van der Waals surface area (Å²) < 4.78 is 5.03. The maximum absolute atomic E-state index is 9.37. The van der Waals surface area contributed by atoms with Crippen LogP contribution in [0.4, 0.5) is 11.4 Å². The summed E-state index contributed by atoms with van der Waals surface area (Å²) in [5.74, 6) is 0. The minimum absolute atomic E-state index is 0.147. The Morgan fingerprint density at radius 2 is 0.978 bits per heavy atom. The first-order valence-electron chi connectivity index (χ1n) is 15.7. The molecule has 0 unspecified atom stereocenters. The topological polar surface area (TPSA) is 108 Å². The van der Waals surface area contributed by atoms with Crippen LogP contribution in [0.25, 0.3) is 11.4 Å². The highest BCUT2D eigenvalue weighted by Gasteiger charge is 2.26. The molecule has 0 bridgehead atoms. The van der Waals surface area contributed by atoms with Crippen molar-refractivity contribution < 1.29 is 19.2 Å². The standard InChI is InChI=1S/C33H50N10O2/c1-24-15-30(40-19-28(34-36-40)21-42(5,6)11-13-44)16-25(2)32(24)38-9-10-39(23-38)33-26(3)17-31(18-27(33)4)41-20-29(35-37-41)22-43(7,8)12-14-45/h15-20,44-45H,9-14,21-23H2,1-8H3/q+2. The molecule has 0 radical (unpaired) electrons. The third-order valence-corrected chi connectivity index (χ3v) is 8.77. The molecule has 1 aliphatic rings. The van der Waals surface area contributed by atoms with Crippen LogP contribution in [0.3, 0.4) is 0 Å². The van der Waals surface area contributed by atoms with Gasteiger partial charge in [-0.3, -0.25) is 0 Å². The van der Waals surface area contributed by atoms with E-state index in [9.17, 15) is 10.2 Å². The number of benzene rings is 2. The van der Waals surface area contributed by atoms with Gasteiger partial charge < -0.3 is 29.0 Å². The molecule has 3 heterocycles. The van der Waals surface area contributed by atoms with Gasteiger partial charge in [0.25, 0.3) is 0 Å². The summed E-state index contributed by atoms with van der Waals surface area (Å²) in [6, 6.07) is 8.77. The molecule has 0 spiro atoms. The molecule has 4 aromatic rings. The number of aryl methyl sites for hydroxylation is 4. The van der Waals surface area contributed by atoms with Gasteiger partial charge in [-0.05, 0) is 74.2 Å². The van der Waals surface area contributed by atoms with E-state index in [0.29, 0.717) is 35.1 Å². The van der Waals surface area contributed by atoms with Gasteiger partial charge in [0, 0.05) is 24.5 Å². The molecule has 2 aromatic heterocycles. The van der Waals surface area contributed by atoms with Crippen molar-refractivity contribution in [1.29, 1.82) is 0 Å². The number of aromatic nitrogens is 6. The van der Waals surface area contributed by atoms with E-state index in [-0.39, 0.29) is 13.2 Å². The lowest BCUT2D eigenvalue weighted by Crippen LogP contribution is -2.41. The second-order valence-corrected chi connectivity index (χ2v) is 13.9. The summed E-state index contributed by atoms with van der Waals surface area (Å²) in [5.41, 5.74) is 11.2. The monoisotopic (exact) mass is 618 g/mol. The number of hydrogen-bond acceptors (Lipinski definition) is 8. The zero-order valence-corrected chi connectivity index (χ0v) is 28.2. The summed E-state index contributed by atoms with van der Waals surface area (Å²) in [4.78, 5) is 4.94. The summed E-state index contributed by atoms with van der Waals surface area (Å²) in [6.07, 6.45) is 3.99. The van der Waals surface area contributed by atoms with E-state index in [0.717, 1.165) is 42.5 Å². The number of rotatable bonds is 12. The van der Waals surface area contributed by atoms with Crippen LogP contribution < -0.4 is 9.80 Å². The Morgan fingerprint density at radius 1 is 0.622 bits per heavy atom. The molecule has 5 rings (SSSR count). The SMILES string of the molecule is Cc1cc(-n2cc(C[N+](C)(C)CCO)nn2)cc(C)c1N1CCN(c2c(C)cc(-n3cc(C[N+](C)(C)CCO)nn3)cc2C)C1. The summed E-state index contributed by atoms with van der Waals surface area (Å²) in [6.45, 7) is 14.5.